The Balaban J connectivity index is 1.34. The van der Waals surface area contributed by atoms with Crippen LogP contribution in [0.3, 0.4) is 0 Å². The van der Waals surface area contributed by atoms with Gasteiger partial charge in [0.25, 0.3) is 0 Å². The highest BCUT2D eigenvalue weighted by atomic mass is 35.5. The van der Waals surface area contributed by atoms with Gasteiger partial charge in [-0.2, -0.15) is 15.1 Å². The van der Waals surface area contributed by atoms with Crippen molar-refractivity contribution in [1.29, 1.82) is 0 Å². The van der Waals surface area contributed by atoms with Gasteiger partial charge in [-0.3, -0.25) is 5.10 Å². The Kier molecular flexibility index (Phi) is 5.83. The Labute approximate surface area is 238 Å². The summed E-state index contributed by atoms with van der Waals surface area (Å²) in [6, 6.07) is 7.84. The summed E-state index contributed by atoms with van der Waals surface area (Å²) in [5.74, 6) is 1.61. The molecule has 4 fully saturated rings. The largest absolute Gasteiger partial charge is 0.487 e. The van der Waals surface area contributed by atoms with Crippen molar-refractivity contribution >= 4 is 39.2 Å². The fourth-order valence-corrected chi connectivity index (χ4v) is 7.08. The van der Waals surface area contributed by atoms with E-state index < -0.39 is 0 Å². The predicted molar refractivity (Wildman–Crippen MR) is 157 cm³/mol. The molecule has 10 heteroatoms. The molecule has 4 aromatic rings. The summed E-state index contributed by atoms with van der Waals surface area (Å²) < 4.78 is 13.1. The van der Waals surface area contributed by atoms with Gasteiger partial charge in [-0.05, 0) is 70.3 Å². The number of hydrogen-bond acceptors (Lipinski definition) is 8. The molecule has 4 aliphatic rings. The third-order valence-corrected chi connectivity index (χ3v) is 9.45. The number of halogens is 1. The molecular weight excluding hydrogens is 526 g/mol. The first kappa shape index (κ1) is 24.6. The molecule has 2 unspecified atom stereocenters. The van der Waals surface area contributed by atoms with E-state index in [0.29, 0.717) is 35.8 Å². The molecule has 1 aliphatic carbocycles. The third-order valence-electron chi connectivity index (χ3n) is 9.15. The van der Waals surface area contributed by atoms with Gasteiger partial charge in [0.1, 0.15) is 17.9 Å². The zero-order valence-electron chi connectivity index (χ0n) is 22.9. The van der Waals surface area contributed by atoms with Gasteiger partial charge < -0.3 is 24.6 Å². The van der Waals surface area contributed by atoms with Crippen LogP contribution >= 0.6 is 11.6 Å². The van der Waals surface area contributed by atoms with Crippen LogP contribution in [-0.4, -0.2) is 82.6 Å². The summed E-state index contributed by atoms with van der Waals surface area (Å²) in [4.78, 5) is 14.9. The maximum atomic E-state index is 7.21. The van der Waals surface area contributed by atoms with E-state index in [-0.39, 0.29) is 6.10 Å². The first-order valence-electron chi connectivity index (χ1n) is 14.5. The smallest absolute Gasteiger partial charge is 0.319 e. The molecule has 0 amide bonds. The number of piperazine rings is 1. The van der Waals surface area contributed by atoms with Gasteiger partial charge in [0, 0.05) is 53.1 Å². The van der Waals surface area contributed by atoms with Crippen LogP contribution < -0.4 is 19.7 Å². The van der Waals surface area contributed by atoms with E-state index in [1.807, 2.05) is 12.3 Å². The third kappa shape index (κ3) is 4.09. The van der Waals surface area contributed by atoms with Gasteiger partial charge >= 0.3 is 6.01 Å². The molecule has 40 heavy (non-hydrogen) atoms. The second kappa shape index (κ2) is 9.46. The number of H-pyrrole nitrogens is 1. The van der Waals surface area contributed by atoms with E-state index >= 15 is 0 Å². The van der Waals surface area contributed by atoms with Crippen molar-refractivity contribution in [2.24, 2.45) is 0 Å². The van der Waals surface area contributed by atoms with E-state index in [9.17, 15) is 0 Å². The molecule has 3 aliphatic heterocycles. The minimum Gasteiger partial charge on any atom is -0.487 e. The number of nitrogens with zero attached hydrogens (tertiary/aromatic N) is 5. The molecule has 9 nitrogen and oxygen atoms in total. The van der Waals surface area contributed by atoms with E-state index in [1.165, 1.54) is 6.42 Å². The number of aromatic nitrogens is 4. The van der Waals surface area contributed by atoms with Crippen LogP contribution in [0.15, 0.2) is 24.4 Å². The summed E-state index contributed by atoms with van der Waals surface area (Å²) in [7, 11) is 2.16. The highest BCUT2D eigenvalue weighted by Gasteiger charge is 2.40. The number of likely N-dealkylation sites (N-methyl/N-ethyl adjacent to an activating group) is 1. The number of nitrogens with one attached hydrogen (secondary N) is 2. The monoisotopic (exact) mass is 559 g/mol. The average Bonchev–Trinajstić information content (AvgIpc) is 3.34. The maximum absolute atomic E-state index is 7.21. The molecule has 5 heterocycles. The lowest BCUT2D eigenvalue weighted by Gasteiger charge is -2.30. The number of fused-ring (bicyclic) bond motifs is 4. The minimum absolute atomic E-state index is 0.159. The Morgan fingerprint density at radius 2 is 2.02 bits per heavy atom. The minimum atomic E-state index is 0.159. The molecule has 208 valence electrons. The van der Waals surface area contributed by atoms with Crippen molar-refractivity contribution in [3.05, 3.63) is 35.0 Å². The summed E-state index contributed by atoms with van der Waals surface area (Å²) in [6.07, 6.45) is 7.52. The molecule has 0 radical (unpaired) electrons. The number of hydrogen-bond donors (Lipinski definition) is 2. The molecule has 8 rings (SSSR count). The molecular formula is C30H34ClN7O2. The Bertz CT molecular complexity index is 1620. The van der Waals surface area contributed by atoms with Crippen LogP contribution in [0.2, 0.25) is 5.02 Å². The van der Waals surface area contributed by atoms with Crippen molar-refractivity contribution in [1.82, 2.24) is 30.4 Å². The number of aryl methyl sites for hydroxylation is 1. The maximum Gasteiger partial charge on any atom is 0.319 e. The van der Waals surface area contributed by atoms with E-state index in [2.05, 4.69) is 51.4 Å². The van der Waals surface area contributed by atoms with Crippen molar-refractivity contribution in [2.75, 3.05) is 38.2 Å². The number of aromatic amines is 1. The quantitative estimate of drug-likeness (QED) is 0.337. The molecule has 3 atom stereocenters. The Morgan fingerprint density at radius 3 is 2.77 bits per heavy atom. The van der Waals surface area contributed by atoms with Crippen molar-refractivity contribution in [3.63, 3.8) is 0 Å². The SMILES string of the molecule is Cc1ccc2[nH]ncc2c1-c1c(Cl)cc2c(N3CC4CC3CN4)nc(OC[C@@H]3CCCN3C)nc2c1OC1CC1. The fourth-order valence-electron chi connectivity index (χ4n) is 6.79. The number of anilines is 1. The molecule has 0 spiro atoms. The lowest BCUT2D eigenvalue weighted by atomic mass is 9.94. The molecule has 1 saturated carbocycles. The summed E-state index contributed by atoms with van der Waals surface area (Å²) in [6.45, 7) is 5.64. The predicted octanol–water partition coefficient (Wildman–Crippen LogP) is 4.70. The topological polar surface area (TPSA) is 91.4 Å². The van der Waals surface area contributed by atoms with Gasteiger partial charge in [0.15, 0.2) is 5.75 Å². The van der Waals surface area contributed by atoms with E-state index in [1.54, 1.807) is 0 Å². The second-order valence-electron chi connectivity index (χ2n) is 11.9. The van der Waals surface area contributed by atoms with Crippen molar-refractivity contribution < 1.29 is 9.47 Å². The van der Waals surface area contributed by atoms with Crippen LogP contribution in [0.25, 0.3) is 32.9 Å². The molecule has 2 bridgehead atoms. The van der Waals surface area contributed by atoms with Gasteiger partial charge in [-0.15, -0.1) is 0 Å². The average molecular weight is 560 g/mol. The highest BCUT2D eigenvalue weighted by molar-refractivity contribution is 6.35. The summed E-state index contributed by atoms with van der Waals surface area (Å²) in [5.41, 5.74) is 4.72. The fraction of sp³-hybridized carbons (Fsp3) is 0.500. The number of benzene rings is 2. The zero-order valence-corrected chi connectivity index (χ0v) is 23.7. The Hall–Kier alpha value is -3.14. The second-order valence-corrected chi connectivity index (χ2v) is 12.3. The zero-order chi connectivity index (χ0) is 27.0. The van der Waals surface area contributed by atoms with Gasteiger partial charge in [-0.25, -0.2) is 0 Å². The Morgan fingerprint density at radius 1 is 1.12 bits per heavy atom. The van der Waals surface area contributed by atoms with Gasteiger partial charge in [0.2, 0.25) is 0 Å². The molecule has 2 aromatic heterocycles. The first-order valence-corrected chi connectivity index (χ1v) is 14.9. The lowest BCUT2D eigenvalue weighted by molar-refractivity contribution is 0.188. The van der Waals surface area contributed by atoms with Crippen molar-refractivity contribution in [3.8, 4) is 22.9 Å². The lowest BCUT2D eigenvalue weighted by Crippen LogP contribution is -2.44. The van der Waals surface area contributed by atoms with Gasteiger partial charge in [-0.1, -0.05) is 17.7 Å². The molecule has 2 aromatic carbocycles. The summed E-state index contributed by atoms with van der Waals surface area (Å²) in [5, 5.41) is 13.6. The summed E-state index contributed by atoms with van der Waals surface area (Å²) >= 11 is 7.21. The van der Waals surface area contributed by atoms with Crippen LogP contribution in [0.5, 0.6) is 11.8 Å². The van der Waals surface area contributed by atoms with Crippen molar-refractivity contribution in [2.45, 2.75) is 63.3 Å². The highest BCUT2D eigenvalue weighted by Crippen LogP contribution is 2.49. The van der Waals surface area contributed by atoms with Crippen LogP contribution in [0, 0.1) is 6.92 Å². The van der Waals surface area contributed by atoms with Crippen LogP contribution in [0.4, 0.5) is 5.82 Å². The number of rotatable bonds is 7. The normalized spacial score (nSPS) is 24.6. The van der Waals surface area contributed by atoms with Gasteiger partial charge in [0.05, 0.1) is 22.8 Å². The van der Waals surface area contributed by atoms with E-state index in [4.69, 9.17) is 31.0 Å². The standard InChI is InChI=1S/C30H34ClN7O2/c1-16-5-8-24-22(13-33-36-24)25(16)26-23(31)11-21-27(28(26)40-20-6-7-20)34-30(39-15-18-4-3-9-37(18)2)35-29(21)38-14-17-10-19(38)12-32-17/h5,8,11,13,17-20,32H,3-4,6-7,9-10,12,14-15H2,1-2H3,(H,33,36)/t17?,18-,19?/m0/s1. The first-order chi connectivity index (χ1) is 19.5. The molecule has 3 saturated heterocycles. The number of ether oxygens (including phenoxy) is 2. The van der Waals surface area contributed by atoms with E-state index in [0.717, 1.165) is 95.4 Å². The van der Waals surface area contributed by atoms with Crippen LogP contribution in [0.1, 0.15) is 37.7 Å². The molecule has 2 N–H and O–H groups in total. The van der Waals surface area contributed by atoms with Crippen LogP contribution in [-0.2, 0) is 0 Å². The number of likely N-dealkylation sites (tertiary alicyclic amines) is 1.